The molecule has 0 unspecified atom stereocenters. The molecule has 0 saturated carbocycles. The Morgan fingerprint density at radius 1 is 1.38 bits per heavy atom. The third-order valence-electron chi connectivity index (χ3n) is 2.65. The minimum absolute atomic E-state index is 0.878. The van der Waals surface area contributed by atoms with Crippen molar-refractivity contribution < 1.29 is 4.74 Å². The molecular weight excluding hydrogens is 202 g/mol. The zero-order chi connectivity index (χ0) is 11.6. The maximum absolute atomic E-state index is 5.01. The quantitative estimate of drug-likeness (QED) is 0.651. The summed E-state index contributed by atoms with van der Waals surface area (Å²) in [6, 6.07) is 0. The number of ether oxygens (including phenoxy) is 1. The van der Waals surface area contributed by atoms with Crippen LogP contribution < -0.4 is 5.32 Å². The Morgan fingerprint density at radius 2 is 2.25 bits per heavy atom. The highest BCUT2D eigenvalue weighted by Gasteiger charge is 1.98. The van der Waals surface area contributed by atoms with Crippen LogP contribution in [0.3, 0.4) is 0 Å². The van der Waals surface area contributed by atoms with E-state index in [1.165, 1.54) is 18.5 Å². The van der Waals surface area contributed by atoms with E-state index in [-0.39, 0.29) is 0 Å². The van der Waals surface area contributed by atoms with Gasteiger partial charge in [-0.1, -0.05) is 0 Å². The number of methoxy groups -OCH3 is 1. The summed E-state index contributed by atoms with van der Waals surface area (Å²) in [4.78, 5) is 4.14. The van der Waals surface area contributed by atoms with E-state index in [1.807, 2.05) is 12.5 Å². The molecule has 1 heterocycles. The molecule has 1 aromatic heterocycles. The fourth-order valence-corrected chi connectivity index (χ4v) is 1.67. The summed E-state index contributed by atoms with van der Waals surface area (Å²) in [7, 11) is 1.75. The van der Waals surface area contributed by atoms with E-state index in [1.54, 1.807) is 7.11 Å². The minimum Gasteiger partial charge on any atom is -0.385 e. The number of nitrogens with zero attached hydrogens (tertiary/aromatic N) is 2. The zero-order valence-electron chi connectivity index (χ0n) is 10.4. The lowest BCUT2D eigenvalue weighted by molar-refractivity contribution is 0.192. The van der Waals surface area contributed by atoms with Gasteiger partial charge in [0.25, 0.3) is 0 Å². The molecule has 16 heavy (non-hydrogen) atoms. The van der Waals surface area contributed by atoms with Crippen LogP contribution in [-0.2, 0) is 17.8 Å². The Kier molecular flexibility index (Phi) is 6.85. The van der Waals surface area contributed by atoms with Gasteiger partial charge < -0.3 is 14.6 Å². The van der Waals surface area contributed by atoms with Gasteiger partial charge in [0.15, 0.2) is 0 Å². The van der Waals surface area contributed by atoms with Gasteiger partial charge in [-0.2, -0.15) is 0 Å². The van der Waals surface area contributed by atoms with Crippen LogP contribution in [0.5, 0.6) is 0 Å². The standard InChI is InChI=1S/C12H23N3O/c1-3-15-11-14-10-12(15)9-13-7-5-4-6-8-16-2/h10-11,13H,3-9H2,1-2H3. The van der Waals surface area contributed by atoms with Gasteiger partial charge >= 0.3 is 0 Å². The summed E-state index contributed by atoms with van der Waals surface area (Å²) < 4.78 is 7.17. The second kappa shape index (κ2) is 8.30. The van der Waals surface area contributed by atoms with Gasteiger partial charge in [0.05, 0.1) is 12.0 Å². The highest BCUT2D eigenvalue weighted by molar-refractivity contribution is 4.97. The third-order valence-corrected chi connectivity index (χ3v) is 2.65. The molecular formula is C12H23N3O. The molecule has 0 amide bonds. The number of hydrogen-bond acceptors (Lipinski definition) is 3. The lowest BCUT2D eigenvalue weighted by Crippen LogP contribution is -2.17. The van der Waals surface area contributed by atoms with Crippen LogP contribution in [0.2, 0.25) is 0 Å². The predicted molar refractivity (Wildman–Crippen MR) is 65.3 cm³/mol. The van der Waals surface area contributed by atoms with Crippen molar-refractivity contribution in [3.05, 3.63) is 18.2 Å². The smallest absolute Gasteiger partial charge is 0.0948 e. The molecule has 0 bridgehead atoms. The molecule has 0 aromatic carbocycles. The van der Waals surface area contributed by atoms with Crippen molar-refractivity contribution in [3.63, 3.8) is 0 Å². The maximum Gasteiger partial charge on any atom is 0.0948 e. The number of aryl methyl sites for hydroxylation is 1. The normalized spacial score (nSPS) is 10.9. The van der Waals surface area contributed by atoms with Gasteiger partial charge in [-0.3, -0.25) is 0 Å². The summed E-state index contributed by atoms with van der Waals surface area (Å²) >= 11 is 0. The molecule has 0 fully saturated rings. The third kappa shape index (κ3) is 4.77. The van der Waals surface area contributed by atoms with Crippen molar-refractivity contribution in [1.82, 2.24) is 14.9 Å². The van der Waals surface area contributed by atoms with Gasteiger partial charge in [0.1, 0.15) is 0 Å². The molecule has 1 N–H and O–H groups in total. The molecule has 4 heteroatoms. The average molecular weight is 225 g/mol. The second-order valence-electron chi connectivity index (χ2n) is 3.90. The molecule has 0 aliphatic carbocycles. The zero-order valence-corrected chi connectivity index (χ0v) is 10.4. The Hall–Kier alpha value is -0.870. The van der Waals surface area contributed by atoms with E-state index in [9.17, 15) is 0 Å². The lowest BCUT2D eigenvalue weighted by atomic mass is 10.2. The summed E-state index contributed by atoms with van der Waals surface area (Å²) in [6.45, 7) is 5.99. The summed E-state index contributed by atoms with van der Waals surface area (Å²) in [5.74, 6) is 0. The summed E-state index contributed by atoms with van der Waals surface area (Å²) in [5.41, 5.74) is 1.26. The highest BCUT2D eigenvalue weighted by atomic mass is 16.5. The van der Waals surface area contributed by atoms with E-state index in [0.29, 0.717) is 0 Å². The molecule has 4 nitrogen and oxygen atoms in total. The first-order chi connectivity index (χ1) is 7.88. The van der Waals surface area contributed by atoms with Crippen LogP contribution >= 0.6 is 0 Å². The molecule has 0 aliphatic heterocycles. The molecule has 0 aliphatic rings. The molecule has 0 spiro atoms. The van der Waals surface area contributed by atoms with Crippen LogP contribution in [-0.4, -0.2) is 29.8 Å². The van der Waals surface area contributed by atoms with Gasteiger partial charge in [0.2, 0.25) is 0 Å². The molecule has 1 aromatic rings. The van der Waals surface area contributed by atoms with Crippen molar-refractivity contribution in [2.45, 2.75) is 39.3 Å². The van der Waals surface area contributed by atoms with E-state index in [2.05, 4.69) is 21.8 Å². The molecule has 0 radical (unpaired) electrons. The topological polar surface area (TPSA) is 39.1 Å². The average Bonchev–Trinajstić information content (AvgIpc) is 2.75. The van der Waals surface area contributed by atoms with Gasteiger partial charge in [0, 0.05) is 33.0 Å². The number of imidazole rings is 1. The molecule has 92 valence electrons. The minimum atomic E-state index is 0.878. The second-order valence-corrected chi connectivity index (χ2v) is 3.90. The Balaban J connectivity index is 2.03. The highest BCUT2D eigenvalue weighted by Crippen LogP contribution is 1.99. The number of nitrogens with one attached hydrogen (secondary N) is 1. The number of rotatable bonds is 9. The lowest BCUT2D eigenvalue weighted by Gasteiger charge is -2.06. The molecule has 1 rings (SSSR count). The van der Waals surface area contributed by atoms with Crippen molar-refractivity contribution in [1.29, 1.82) is 0 Å². The maximum atomic E-state index is 5.01. The van der Waals surface area contributed by atoms with E-state index >= 15 is 0 Å². The summed E-state index contributed by atoms with van der Waals surface area (Å²) in [5, 5.41) is 3.44. The van der Waals surface area contributed by atoms with Crippen molar-refractivity contribution in [2.75, 3.05) is 20.3 Å². The van der Waals surface area contributed by atoms with Crippen molar-refractivity contribution >= 4 is 0 Å². The SMILES string of the molecule is CCn1cncc1CNCCCCCOC. The first kappa shape index (κ1) is 13.2. The van der Waals surface area contributed by atoms with E-state index in [4.69, 9.17) is 4.74 Å². The predicted octanol–water partition coefficient (Wildman–Crippen LogP) is 1.81. The van der Waals surface area contributed by atoms with Crippen LogP contribution in [0.1, 0.15) is 31.9 Å². The Bertz CT molecular complexity index is 273. The van der Waals surface area contributed by atoms with Crippen LogP contribution in [0.15, 0.2) is 12.5 Å². The first-order valence-electron chi connectivity index (χ1n) is 6.07. The van der Waals surface area contributed by atoms with Crippen molar-refractivity contribution in [2.24, 2.45) is 0 Å². The monoisotopic (exact) mass is 225 g/mol. The number of unbranched alkanes of at least 4 members (excludes halogenated alkanes) is 2. The first-order valence-corrected chi connectivity index (χ1v) is 6.07. The van der Waals surface area contributed by atoms with Crippen LogP contribution in [0.25, 0.3) is 0 Å². The number of hydrogen-bond donors (Lipinski definition) is 1. The fourth-order valence-electron chi connectivity index (χ4n) is 1.67. The van der Waals surface area contributed by atoms with E-state index in [0.717, 1.165) is 32.7 Å². The summed E-state index contributed by atoms with van der Waals surface area (Å²) in [6.07, 6.45) is 7.42. The van der Waals surface area contributed by atoms with Gasteiger partial charge in [-0.05, 0) is 32.7 Å². The van der Waals surface area contributed by atoms with Crippen molar-refractivity contribution in [3.8, 4) is 0 Å². The van der Waals surface area contributed by atoms with Crippen LogP contribution in [0.4, 0.5) is 0 Å². The van der Waals surface area contributed by atoms with E-state index < -0.39 is 0 Å². The fraction of sp³-hybridized carbons (Fsp3) is 0.750. The largest absolute Gasteiger partial charge is 0.385 e. The molecule has 0 saturated heterocycles. The van der Waals surface area contributed by atoms with Gasteiger partial charge in [-0.25, -0.2) is 4.98 Å². The number of aromatic nitrogens is 2. The Morgan fingerprint density at radius 3 is 3.00 bits per heavy atom. The van der Waals surface area contributed by atoms with Crippen LogP contribution in [0, 0.1) is 0 Å². The van der Waals surface area contributed by atoms with Gasteiger partial charge in [-0.15, -0.1) is 0 Å². The Labute approximate surface area is 98.0 Å². The molecule has 0 atom stereocenters.